The molecule has 13 heavy (non-hydrogen) atoms. The van der Waals surface area contributed by atoms with Gasteiger partial charge < -0.3 is 4.74 Å². The fourth-order valence-corrected chi connectivity index (χ4v) is 1.42. The molecule has 0 heterocycles. The quantitative estimate of drug-likeness (QED) is 0.801. The molecule has 0 aliphatic rings. The third-order valence-electron chi connectivity index (χ3n) is 1.59. The molecule has 0 N–H and O–H groups in total. The van der Waals surface area contributed by atoms with Gasteiger partial charge in [-0.15, -0.1) is 0 Å². The first-order chi connectivity index (χ1) is 6.26. The molecular weight excluding hydrogens is 277 g/mol. The Morgan fingerprint density at radius 1 is 1.62 bits per heavy atom. The van der Waals surface area contributed by atoms with Gasteiger partial charge in [-0.2, -0.15) is 5.26 Å². The van der Waals surface area contributed by atoms with E-state index in [1.165, 1.54) is 0 Å². The number of rotatable bonds is 3. The van der Waals surface area contributed by atoms with Crippen LogP contribution in [0.5, 0.6) is 5.75 Å². The van der Waals surface area contributed by atoms with Crippen molar-refractivity contribution in [3.8, 4) is 11.8 Å². The van der Waals surface area contributed by atoms with Gasteiger partial charge >= 0.3 is 0 Å². The van der Waals surface area contributed by atoms with Gasteiger partial charge in [-0.1, -0.05) is 13.0 Å². The number of halogens is 1. The van der Waals surface area contributed by atoms with E-state index in [4.69, 9.17) is 10.00 Å². The maximum Gasteiger partial charge on any atom is 0.184 e. The SMILES string of the molecule is CCC(C#N)Oc1cccc(I)c1. The highest BCUT2D eigenvalue weighted by Crippen LogP contribution is 2.16. The minimum Gasteiger partial charge on any atom is -0.476 e. The third-order valence-corrected chi connectivity index (χ3v) is 2.26. The van der Waals surface area contributed by atoms with E-state index < -0.39 is 0 Å². The van der Waals surface area contributed by atoms with Gasteiger partial charge in [0.2, 0.25) is 0 Å². The summed E-state index contributed by atoms with van der Waals surface area (Å²) in [4.78, 5) is 0. The second kappa shape index (κ2) is 5.07. The van der Waals surface area contributed by atoms with Crippen LogP contribution in [0.25, 0.3) is 0 Å². The summed E-state index contributed by atoms with van der Waals surface area (Å²) < 4.78 is 6.54. The van der Waals surface area contributed by atoms with Gasteiger partial charge in [-0.25, -0.2) is 0 Å². The zero-order valence-electron chi connectivity index (χ0n) is 7.33. The van der Waals surface area contributed by atoms with Crippen molar-refractivity contribution < 1.29 is 4.74 Å². The van der Waals surface area contributed by atoms with Crippen LogP contribution in [0.15, 0.2) is 24.3 Å². The number of hydrogen-bond acceptors (Lipinski definition) is 2. The maximum atomic E-state index is 8.68. The summed E-state index contributed by atoms with van der Waals surface area (Å²) >= 11 is 2.21. The molecule has 3 heteroatoms. The smallest absolute Gasteiger partial charge is 0.184 e. The van der Waals surface area contributed by atoms with E-state index >= 15 is 0 Å². The van der Waals surface area contributed by atoms with E-state index in [0.29, 0.717) is 6.42 Å². The van der Waals surface area contributed by atoms with Crippen molar-refractivity contribution in [2.24, 2.45) is 0 Å². The highest BCUT2D eigenvalue weighted by molar-refractivity contribution is 14.1. The summed E-state index contributed by atoms with van der Waals surface area (Å²) in [6.45, 7) is 1.93. The molecule has 2 nitrogen and oxygen atoms in total. The molecule has 1 aromatic carbocycles. The van der Waals surface area contributed by atoms with Crippen LogP contribution < -0.4 is 4.74 Å². The van der Waals surface area contributed by atoms with Crippen LogP contribution in [-0.4, -0.2) is 6.10 Å². The molecule has 0 aliphatic heterocycles. The van der Waals surface area contributed by atoms with Crippen LogP contribution in [0.3, 0.4) is 0 Å². The topological polar surface area (TPSA) is 33.0 Å². The zero-order valence-corrected chi connectivity index (χ0v) is 9.48. The summed E-state index contributed by atoms with van der Waals surface area (Å²) in [5, 5.41) is 8.68. The van der Waals surface area contributed by atoms with Gasteiger partial charge in [0.05, 0.1) is 0 Å². The molecule has 0 amide bonds. The Kier molecular flexibility index (Phi) is 4.03. The standard InChI is InChI=1S/C10H10INO/c1-2-9(7-12)13-10-5-3-4-8(11)6-10/h3-6,9H,2H2,1H3. The van der Waals surface area contributed by atoms with Crippen LogP contribution >= 0.6 is 22.6 Å². The van der Waals surface area contributed by atoms with Crippen molar-refractivity contribution >= 4 is 22.6 Å². The van der Waals surface area contributed by atoms with Crippen LogP contribution in [0.1, 0.15) is 13.3 Å². The second-order valence-corrected chi connectivity index (χ2v) is 3.85. The van der Waals surface area contributed by atoms with Crippen molar-refractivity contribution in [2.75, 3.05) is 0 Å². The van der Waals surface area contributed by atoms with E-state index in [2.05, 4.69) is 28.7 Å². The van der Waals surface area contributed by atoms with E-state index in [1.54, 1.807) is 0 Å². The Morgan fingerprint density at radius 3 is 2.92 bits per heavy atom. The van der Waals surface area contributed by atoms with Crippen molar-refractivity contribution in [3.05, 3.63) is 27.8 Å². The number of ether oxygens (including phenoxy) is 1. The minimum absolute atomic E-state index is 0.335. The lowest BCUT2D eigenvalue weighted by Crippen LogP contribution is -2.11. The molecule has 0 radical (unpaired) electrons. The largest absolute Gasteiger partial charge is 0.476 e. The number of nitriles is 1. The Bertz CT molecular complexity index is 319. The summed E-state index contributed by atoms with van der Waals surface area (Å²) in [5.41, 5.74) is 0. The molecule has 68 valence electrons. The molecule has 0 fully saturated rings. The van der Waals surface area contributed by atoms with E-state index in [-0.39, 0.29) is 6.10 Å². The third kappa shape index (κ3) is 3.23. The predicted molar refractivity (Wildman–Crippen MR) is 59.5 cm³/mol. The molecule has 0 bridgehead atoms. The van der Waals surface area contributed by atoms with Crippen LogP contribution in [-0.2, 0) is 0 Å². The Labute approximate surface area is 91.7 Å². The average molecular weight is 287 g/mol. The lowest BCUT2D eigenvalue weighted by Gasteiger charge is -2.09. The maximum absolute atomic E-state index is 8.68. The number of hydrogen-bond donors (Lipinski definition) is 0. The van der Waals surface area contributed by atoms with Gasteiger partial charge in [0, 0.05) is 3.57 Å². The molecule has 0 aliphatic carbocycles. The van der Waals surface area contributed by atoms with Crippen molar-refractivity contribution in [2.45, 2.75) is 19.4 Å². The van der Waals surface area contributed by atoms with Gasteiger partial charge in [-0.05, 0) is 47.2 Å². The lowest BCUT2D eigenvalue weighted by atomic mass is 10.3. The van der Waals surface area contributed by atoms with Gasteiger partial charge in [0.15, 0.2) is 6.10 Å². The minimum atomic E-state index is -0.335. The highest BCUT2D eigenvalue weighted by atomic mass is 127. The first kappa shape index (κ1) is 10.3. The number of benzene rings is 1. The fourth-order valence-electron chi connectivity index (χ4n) is 0.906. The van der Waals surface area contributed by atoms with Crippen LogP contribution in [0, 0.1) is 14.9 Å². The van der Waals surface area contributed by atoms with Crippen molar-refractivity contribution in [1.29, 1.82) is 5.26 Å². The molecule has 0 saturated carbocycles. The monoisotopic (exact) mass is 287 g/mol. The fraction of sp³-hybridized carbons (Fsp3) is 0.300. The summed E-state index contributed by atoms with van der Waals surface area (Å²) in [7, 11) is 0. The lowest BCUT2D eigenvalue weighted by molar-refractivity contribution is 0.252. The zero-order chi connectivity index (χ0) is 9.68. The van der Waals surface area contributed by atoms with E-state index in [1.807, 2.05) is 31.2 Å². The molecule has 1 atom stereocenters. The van der Waals surface area contributed by atoms with Crippen LogP contribution in [0.4, 0.5) is 0 Å². The van der Waals surface area contributed by atoms with Crippen LogP contribution in [0.2, 0.25) is 0 Å². The Balaban J connectivity index is 2.69. The summed E-state index contributed by atoms with van der Waals surface area (Å²) in [6, 6.07) is 9.78. The second-order valence-electron chi connectivity index (χ2n) is 2.60. The first-order valence-electron chi connectivity index (χ1n) is 4.08. The first-order valence-corrected chi connectivity index (χ1v) is 5.16. The van der Waals surface area contributed by atoms with Gasteiger partial charge in [0.1, 0.15) is 11.8 Å². The molecule has 1 aromatic rings. The Morgan fingerprint density at radius 2 is 2.38 bits per heavy atom. The average Bonchev–Trinajstić information content (AvgIpc) is 2.14. The molecule has 0 aromatic heterocycles. The highest BCUT2D eigenvalue weighted by Gasteiger charge is 2.05. The molecule has 0 saturated heterocycles. The van der Waals surface area contributed by atoms with Gasteiger partial charge in [0.25, 0.3) is 0 Å². The summed E-state index contributed by atoms with van der Waals surface area (Å²) in [5.74, 6) is 0.764. The van der Waals surface area contributed by atoms with Crippen molar-refractivity contribution in [3.63, 3.8) is 0 Å². The van der Waals surface area contributed by atoms with Crippen molar-refractivity contribution in [1.82, 2.24) is 0 Å². The van der Waals surface area contributed by atoms with E-state index in [0.717, 1.165) is 9.32 Å². The normalized spacial score (nSPS) is 11.8. The summed E-state index contributed by atoms with van der Waals surface area (Å²) in [6.07, 6.45) is 0.375. The molecule has 0 spiro atoms. The molecule has 1 rings (SSSR count). The Hall–Kier alpha value is -0.760. The van der Waals surface area contributed by atoms with E-state index in [9.17, 15) is 0 Å². The number of nitrogens with zero attached hydrogens (tertiary/aromatic N) is 1. The predicted octanol–water partition coefficient (Wildman–Crippen LogP) is 2.97. The van der Waals surface area contributed by atoms with Gasteiger partial charge in [-0.3, -0.25) is 0 Å². The molecular formula is C10H10INO. The molecule has 1 unspecified atom stereocenters.